The van der Waals surface area contributed by atoms with E-state index in [1.165, 1.54) is 0 Å². The highest BCUT2D eigenvalue weighted by Gasteiger charge is 2.27. The summed E-state index contributed by atoms with van der Waals surface area (Å²) in [5.41, 5.74) is 4.08. The summed E-state index contributed by atoms with van der Waals surface area (Å²) in [4.78, 5) is 29.6. The second-order valence-electron chi connectivity index (χ2n) is 6.92. The van der Waals surface area contributed by atoms with Crippen molar-refractivity contribution in [2.75, 3.05) is 18.5 Å². The minimum Gasteiger partial charge on any atom is -0.482 e. The van der Waals surface area contributed by atoms with E-state index in [0.717, 1.165) is 22.2 Å². The van der Waals surface area contributed by atoms with Crippen molar-refractivity contribution < 1.29 is 14.3 Å². The first-order valence-electron chi connectivity index (χ1n) is 8.84. The molecule has 3 heterocycles. The van der Waals surface area contributed by atoms with Crippen LogP contribution in [0.4, 0.5) is 5.69 Å². The molecule has 2 aromatic carbocycles. The van der Waals surface area contributed by atoms with E-state index >= 15 is 0 Å². The number of carbonyl (C=O) groups excluding carboxylic acids is 2. The average Bonchev–Trinajstić information content (AvgIpc) is 3.05. The lowest BCUT2D eigenvalue weighted by Gasteiger charge is -2.28. The molecule has 0 fully saturated rings. The van der Waals surface area contributed by atoms with Crippen LogP contribution in [0.5, 0.6) is 5.75 Å². The van der Waals surface area contributed by atoms with Gasteiger partial charge in [-0.05, 0) is 30.3 Å². The maximum Gasteiger partial charge on any atom is 0.262 e. The molecule has 8 heteroatoms. The monoisotopic (exact) mass is 415 g/mol. The summed E-state index contributed by atoms with van der Waals surface area (Å²) in [6, 6.07) is 8.66. The van der Waals surface area contributed by atoms with Gasteiger partial charge >= 0.3 is 0 Å². The van der Waals surface area contributed by atoms with E-state index in [1.54, 1.807) is 29.2 Å². The molecule has 2 aliphatic heterocycles. The first-order chi connectivity index (χ1) is 13.5. The van der Waals surface area contributed by atoms with Gasteiger partial charge in [0.25, 0.3) is 11.8 Å². The first kappa shape index (κ1) is 17.4. The Hall–Kier alpha value is -2.70. The fourth-order valence-corrected chi connectivity index (χ4v) is 4.34. The van der Waals surface area contributed by atoms with Crippen molar-refractivity contribution in [1.29, 1.82) is 0 Å². The van der Waals surface area contributed by atoms with E-state index < -0.39 is 0 Å². The molecule has 0 spiro atoms. The number of hydrogen-bond donors (Lipinski definition) is 2. The van der Waals surface area contributed by atoms with Gasteiger partial charge in [0.05, 0.1) is 16.2 Å². The Balaban J connectivity index is 1.46. The highest BCUT2D eigenvalue weighted by atomic mass is 35.5. The van der Waals surface area contributed by atoms with E-state index in [2.05, 4.69) is 10.3 Å². The van der Waals surface area contributed by atoms with Gasteiger partial charge in [-0.1, -0.05) is 23.2 Å². The van der Waals surface area contributed by atoms with Gasteiger partial charge < -0.3 is 19.9 Å². The number of anilines is 1. The zero-order valence-corrected chi connectivity index (χ0v) is 16.2. The predicted octanol–water partition coefficient (Wildman–Crippen LogP) is 4.00. The Kier molecular flexibility index (Phi) is 4.00. The summed E-state index contributed by atoms with van der Waals surface area (Å²) in [7, 11) is 0. The second-order valence-corrected chi connectivity index (χ2v) is 7.76. The molecule has 0 bridgehead atoms. The number of benzene rings is 2. The van der Waals surface area contributed by atoms with Crippen LogP contribution in [0.2, 0.25) is 10.0 Å². The van der Waals surface area contributed by atoms with Crippen molar-refractivity contribution in [3.05, 3.63) is 57.2 Å². The van der Waals surface area contributed by atoms with Crippen LogP contribution >= 0.6 is 23.2 Å². The summed E-state index contributed by atoms with van der Waals surface area (Å²) in [5.74, 6) is 0.219. The van der Waals surface area contributed by atoms with E-state index in [0.29, 0.717) is 46.6 Å². The lowest BCUT2D eigenvalue weighted by Crippen LogP contribution is -2.36. The normalized spacial score (nSPS) is 15.6. The molecule has 0 unspecified atom stereocenters. The summed E-state index contributed by atoms with van der Waals surface area (Å²) in [6.45, 7) is 1.02. The number of hydrogen-bond acceptors (Lipinski definition) is 3. The number of aromatic amines is 1. The van der Waals surface area contributed by atoms with Crippen LogP contribution in [-0.2, 0) is 17.8 Å². The van der Waals surface area contributed by atoms with Crippen molar-refractivity contribution in [3.8, 4) is 5.75 Å². The number of H-pyrrole nitrogens is 1. The van der Waals surface area contributed by atoms with E-state index in [-0.39, 0.29) is 18.4 Å². The summed E-state index contributed by atoms with van der Waals surface area (Å²) in [5, 5.41) is 4.81. The van der Waals surface area contributed by atoms with Crippen molar-refractivity contribution in [2.45, 2.75) is 13.0 Å². The highest BCUT2D eigenvalue weighted by molar-refractivity contribution is 6.38. The quantitative estimate of drug-likeness (QED) is 0.630. The molecule has 0 aliphatic carbocycles. The standard InChI is InChI=1S/C20H15Cl2N3O3/c21-11-6-12-13-8-25(4-3-15(13)24-19(12)14(22)7-11)20(27)10-1-2-16-17(5-10)28-9-18(26)23-16/h1-2,5-7,24H,3-4,8-9H2,(H,23,26). The number of rotatable bonds is 1. The Bertz CT molecular complexity index is 1160. The smallest absolute Gasteiger partial charge is 0.262 e. The van der Waals surface area contributed by atoms with Crippen LogP contribution in [0.15, 0.2) is 30.3 Å². The Morgan fingerprint density at radius 3 is 2.89 bits per heavy atom. The molecule has 0 saturated heterocycles. The molecule has 28 heavy (non-hydrogen) atoms. The van der Waals surface area contributed by atoms with Gasteiger partial charge in [0.15, 0.2) is 6.61 Å². The van der Waals surface area contributed by atoms with Crippen LogP contribution in [0, 0.1) is 0 Å². The topological polar surface area (TPSA) is 74.4 Å². The van der Waals surface area contributed by atoms with Gasteiger partial charge in [-0.25, -0.2) is 0 Å². The van der Waals surface area contributed by atoms with Crippen LogP contribution in [0.1, 0.15) is 21.6 Å². The minimum absolute atomic E-state index is 0.0470. The first-order valence-corrected chi connectivity index (χ1v) is 9.59. The maximum atomic E-state index is 13.1. The molecule has 3 aromatic rings. The van der Waals surface area contributed by atoms with E-state index in [4.69, 9.17) is 27.9 Å². The molecule has 1 aromatic heterocycles. The fourth-order valence-electron chi connectivity index (χ4n) is 3.80. The van der Waals surface area contributed by atoms with Crippen LogP contribution in [-0.4, -0.2) is 34.8 Å². The number of aromatic nitrogens is 1. The van der Waals surface area contributed by atoms with E-state index in [1.807, 2.05) is 6.07 Å². The number of halogens is 2. The molecule has 6 nitrogen and oxygen atoms in total. The van der Waals surface area contributed by atoms with Gasteiger partial charge in [0, 0.05) is 46.7 Å². The minimum atomic E-state index is -0.202. The predicted molar refractivity (Wildman–Crippen MR) is 107 cm³/mol. The molecule has 2 N–H and O–H groups in total. The molecular weight excluding hydrogens is 401 g/mol. The van der Waals surface area contributed by atoms with Crippen LogP contribution in [0.25, 0.3) is 10.9 Å². The number of ether oxygens (including phenoxy) is 1. The molecule has 0 saturated carbocycles. The Morgan fingerprint density at radius 2 is 2.04 bits per heavy atom. The summed E-state index contributed by atoms with van der Waals surface area (Å²) < 4.78 is 5.42. The molecule has 142 valence electrons. The van der Waals surface area contributed by atoms with Gasteiger partial charge in [-0.3, -0.25) is 9.59 Å². The molecular formula is C20H15Cl2N3O3. The van der Waals surface area contributed by atoms with Crippen LogP contribution in [0.3, 0.4) is 0 Å². The zero-order chi connectivity index (χ0) is 19.4. The molecule has 0 atom stereocenters. The third-order valence-electron chi connectivity index (χ3n) is 5.15. The number of nitrogens with one attached hydrogen (secondary N) is 2. The SMILES string of the molecule is O=C1COc2cc(C(=O)N3CCc4[nH]c5c(Cl)cc(Cl)cc5c4C3)ccc2N1. The summed E-state index contributed by atoms with van der Waals surface area (Å²) in [6.07, 6.45) is 0.710. The Morgan fingerprint density at radius 1 is 1.18 bits per heavy atom. The van der Waals surface area contributed by atoms with Gasteiger partial charge in [0.2, 0.25) is 0 Å². The summed E-state index contributed by atoms with van der Waals surface area (Å²) >= 11 is 12.5. The largest absolute Gasteiger partial charge is 0.482 e. The lowest BCUT2D eigenvalue weighted by molar-refractivity contribution is -0.118. The third kappa shape index (κ3) is 2.80. The van der Waals surface area contributed by atoms with Gasteiger partial charge in [-0.2, -0.15) is 0 Å². The zero-order valence-electron chi connectivity index (χ0n) is 14.6. The number of amides is 2. The lowest BCUT2D eigenvalue weighted by atomic mass is 10.0. The number of fused-ring (bicyclic) bond motifs is 4. The number of carbonyl (C=O) groups is 2. The van der Waals surface area contributed by atoms with Crippen molar-refractivity contribution in [2.24, 2.45) is 0 Å². The fraction of sp³-hybridized carbons (Fsp3) is 0.200. The van der Waals surface area contributed by atoms with Crippen LogP contribution < -0.4 is 10.1 Å². The van der Waals surface area contributed by atoms with E-state index in [9.17, 15) is 9.59 Å². The average molecular weight is 416 g/mol. The van der Waals surface area contributed by atoms with Crippen molar-refractivity contribution in [3.63, 3.8) is 0 Å². The molecule has 2 amide bonds. The van der Waals surface area contributed by atoms with Gasteiger partial charge in [-0.15, -0.1) is 0 Å². The Labute approximate surface area is 170 Å². The highest BCUT2D eigenvalue weighted by Crippen LogP contribution is 2.35. The maximum absolute atomic E-state index is 13.1. The third-order valence-corrected chi connectivity index (χ3v) is 5.67. The number of nitrogens with zero attached hydrogens (tertiary/aromatic N) is 1. The van der Waals surface area contributed by atoms with Gasteiger partial charge in [0.1, 0.15) is 5.75 Å². The molecule has 2 aliphatic rings. The molecule has 0 radical (unpaired) electrons. The second kappa shape index (κ2) is 6.43. The van der Waals surface area contributed by atoms with Crippen molar-refractivity contribution >= 4 is 51.6 Å². The molecule has 5 rings (SSSR count). The van der Waals surface area contributed by atoms with Crippen molar-refractivity contribution in [1.82, 2.24) is 9.88 Å².